The van der Waals surface area contributed by atoms with Gasteiger partial charge in [-0.05, 0) is 24.3 Å². The first-order chi connectivity index (χ1) is 8.77. The Balaban J connectivity index is 2.19. The Hall–Kier alpha value is -2.42. The minimum absolute atomic E-state index is 0.226. The molecule has 0 spiro atoms. The van der Waals surface area contributed by atoms with Crippen molar-refractivity contribution in [3.8, 4) is 0 Å². The van der Waals surface area contributed by atoms with Crippen molar-refractivity contribution in [2.24, 2.45) is 0 Å². The summed E-state index contributed by atoms with van der Waals surface area (Å²) in [4.78, 5) is 12.3. The monoisotopic (exact) mass is 239 g/mol. The maximum Gasteiger partial charge on any atom is 0.262 e. The summed E-state index contributed by atoms with van der Waals surface area (Å²) in [6, 6.07) is 15.8. The summed E-state index contributed by atoms with van der Waals surface area (Å²) < 4.78 is 15.1. The summed E-state index contributed by atoms with van der Waals surface area (Å²) in [6.45, 7) is 0. The van der Waals surface area contributed by atoms with E-state index in [1.54, 1.807) is 48.5 Å². The van der Waals surface area contributed by atoms with E-state index >= 15 is 0 Å². The fourth-order valence-electron chi connectivity index (χ4n) is 2.03. The molecular formula is C15H10FNO. The molecule has 0 amide bonds. The van der Waals surface area contributed by atoms with Gasteiger partial charge in [0.25, 0.3) is 5.91 Å². The smallest absolute Gasteiger partial charge is 0.262 e. The largest absolute Gasteiger partial charge is 0.280 e. The molecule has 0 radical (unpaired) electrons. The van der Waals surface area contributed by atoms with Gasteiger partial charge in [0.15, 0.2) is 0 Å². The average Bonchev–Trinajstić information content (AvgIpc) is 2.77. The molecule has 0 aliphatic rings. The Bertz CT molecular complexity index is 716. The number of halogens is 1. The number of carbonyl (C=O) groups excluding carboxylic acids is 1. The van der Waals surface area contributed by atoms with Crippen LogP contribution in [0.3, 0.4) is 0 Å². The lowest BCUT2D eigenvalue weighted by molar-refractivity contribution is 0.0964. The van der Waals surface area contributed by atoms with E-state index in [0.717, 1.165) is 0 Å². The molecule has 88 valence electrons. The highest BCUT2D eigenvalue weighted by Crippen LogP contribution is 2.20. The van der Waals surface area contributed by atoms with Gasteiger partial charge in [0.05, 0.1) is 5.52 Å². The first kappa shape index (κ1) is 10.7. The van der Waals surface area contributed by atoms with Crippen LogP contribution in [0.1, 0.15) is 10.4 Å². The number of benzene rings is 2. The summed E-state index contributed by atoms with van der Waals surface area (Å²) in [6.07, 6.45) is 1.24. The lowest BCUT2D eigenvalue weighted by Crippen LogP contribution is -2.10. The maximum atomic E-state index is 13.7. The molecular weight excluding hydrogens is 229 g/mol. The molecule has 3 heteroatoms. The van der Waals surface area contributed by atoms with E-state index in [4.69, 9.17) is 0 Å². The van der Waals surface area contributed by atoms with Crippen LogP contribution in [-0.4, -0.2) is 10.5 Å². The molecule has 0 aliphatic carbocycles. The zero-order valence-electron chi connectivity index (χ0n) is 9.51. The van der Waals surface area contributed by atoms with Crippen molar-refractivity contribution in [3.63, 3.8) is 0 Å². The molecule has 1 aromatic heterocycles. The van der Waals surface area contributed by atoms with E-state index in [1.807, 2.05) is 6.07 Å². The van der Waals surface area contributed by atoms with Gasteiger partial charge in [-0.1, -0.05) is 30.3 Å². The molecule has 2 nitrogen and oxygen atoms in total. The highest BCUT2D eigenvalue weighted by atomic mass is 19.1. The van der Waals surface area contributed by atoms with E-state index in [-0.39, 0.29) is 11.7 Å². The lowest BCUT2D eigenvalue weighted by Gasteiger charge is -2.03. The second kappa shape index (κ2) is 4.11. The lowest BCUT2D eigenvalue weighted by atomic mass is 10.2. The van der Waals surface area contributed by atoms with Gasteiger partial charge in [-0.15, -0.1) is 0 Å². The predicted molar refractivity (Wildman–Crippen MR) is 68.1 cm³/mol. The number of fused-ring (bicyclic) bond motifs is 1. The van der Waals surface area contributed by atoms with E-state index in [1.165, 1.54) is 10.8 Å². The molecule has 0 bridgehead atoms. The van der Waals surface area contributed by atoms with Crippen LogP contribution in [0.25, 0.3) is 10.9 Å². The molecule has 2 aromatic carbocycles. The Labute approximate surface area is 103 Å². The van der Waals surface area contributed by atoms with Crippen LogP contribution in [0.5, 0.6) is 0 Å². The number of hydrogen-bond acceptors (Lipinski definition) is 1. The fraction of sp³-hybridized carbons (Fsp3) is 0. The summed E-state index contributed by atoms with van der Waals surface area (Å²) in [5, 5.41) is 0.460. The fourth-order valence-corrected chi connectivity index (χ4v) is 2.03. The van der Waals surface area contributed by atoms with Crippen molar-refractivity contribution >= 4 is 16.8 Å². The van der Waals surface area contributed by atoms with Gasteiger partial charge in [-0.25, -0.2) is 4.39 Å². The van der Waals surface area contributed by atoms with Crippen LogP contribution in [0.4, 0.5) is 4.39 Å². The van der Waals surface area contributed by atoms with Crippen LogP contribution >= 0.6 is 0 Å². The number of para-hydroxylation sites is 1. The molecule has 18 heavy (non-hydrogen) atoms. The summed E-state index contributed by atoms with van der Waals surface area (Å²) in [7, 11) is 0. The number of carbonyl (C=O) groups is 1. The minimum atomic E-state index is -0.380. The van der Waals surface area contributed by atoms with Crippen LogP contribution in [0, 0.1) is 5.82 Å². The zero-order chi connectivity index (χ0) is 12.5. The zero-order valence-corrected chi connectivity index (χ0v) is 9.51. The first-order valence-electron chi connectivity index (χ1n) is 5.63. The summed E-state index contributed by atoms with van der Waals surface area (Å²) in [5.74, 6) is -0.606. The molecule has 3 rings (SSSR count). The molecule has 0 aliphatic heterocycles. The second-order valence-electron chi connectivity index (χ2n) is 4.04. The molecule has 0 fully saturated rings. The predicted octanol–water partition coefficient (Wildman–Crippen LogP) is 3.47. The SMILES string of the molecule is O=C(c1ccccc1)n1cc(F)c2ccccc21. The third kappa shape index (κ3) is 1.61. The van der Waals surface area contributed by atoms with Crippen molar-refractivity contribution in [3.05, 3.63) is 72.2 Å². The number of nitrogens with zero attached hydrogens (tertiary/aromatic N) is 1. The van der Waals surface area contributed by atoms with Crippen molar-refractivity contribution in [1.29, 1.82) is 0 Å². The normalized spacial score (nSPS) is 10.7. The third-order valence-corrected chi connectivity index (χ3v) is 2.90. The Morgan fingerprint density at radius 2 is 1.61 bits per heavy atom. The van der Waals surface area contributed by atoms with E-state index < -0.39 is 0 Å². The highest BCUT2D eigenvalue weighted by Gasteiger charge is 2.14. The summed E-state index contributed by atoms with van der Waals surface area (Å²) >= 11 is 0. The third-order valence-electron chi connectivity index (χ3n) is 2.90. The van der Waals surface area contributed by atoms with E-state index in [9.17, 15) is 9.18 Å². The van der Waals surface area contributed by atoms with Crippen molar-refractivity contribution in [2.75, 3.05) is 0 Å². The van der Waals surface area contributed by atoms with E-state index in [0.29, 0.717) is 16.5 Å². The topological polar surface area (TPSA) is 22.0 Å². The standard InChI is InChI=1S/C15H10FNO/c16-13-10-17(14-9-5-4-8-12(13)14)15(18)11-6-2-1-3-7-11/h1-10H. The Morgan fingerprint density at radius 3 is 2.39 bits per heavy atom. The second-order valence-corrected chi connectivity index (χ2v) is 4.04. The number of aromatic nitrogens is 1. The van der Waals surface area contributed by atoms with Crippen molar-refractivity contribution in [1.82, 2.24) is 4.57 Å². The number of rotatable bonds is 1. The molecule has 0 atom stereocenters. The van der Waals surface area contributed by atoms with Gasteiger partial charge in [0.2, 0.25) is 0 Å². The first-order valence-corrected chi connectivity index (χ1v) is 5.63. The maximum absolute atomic E-state index is 13.7. The molecule has 0 N–H and O–H groups in total. The van der Waals surface area contributed by atoms with Gasteiger partial charge in [0, 0.05) is 17.1 Å². The highest BCUT2D eigenvalue weighted by molar-refractivity contribution is 6.02. The van der Waals surface area contributed by atoms with Gasteiger partial charge < -0.3 is 0 Å². The van der Waals surface area contributed by atoms with Gasteiger partial charge in [-0.2, -0.15) is 0 Å². The Kier molecular flexibility index (Phi) is 2.45. The summed E-state index contributed by atoms with van der Waals surface area (Å²) in [5.41, 5.74) is 1.13. The molecule has 0 saturated carbocycles. The molecule has 0 unspecified atom stereocenters. The van der Waals surface area contributed by atoms with Crippen molar-refractivity contribution in [2.45, 2.75) is 0 Å². The van der Waals surface area contributed by atoms with Crippen molar-refractivity contribution < 1.29 is 9.18 Å². The van der Waals surface area contributed by atoms with E-state index in [2.05, 4.69) is 0 Å². The van der Waals surface area contributed by atoms with Crippen LogP contribution in [0.2, 0.25) is 0 Å². The Morgan fingerprint density at radius 1 is 0.944 bits per heavy atom. The number of hydrogen-bond donors (Lipinski definition) is 0. The quantitative estimate of drug-likeness (QED) is 0.637. The molecule has 0 saturated heterocycles. The van der Waals surface area contributed by atoms with Gasteiger partial charge >= 0.3 is 0 Å². The average molecular weight is 239 g/mol. The van der Waals surface area contributed by atoms with Crippen LogP contribution in [0.15, 0.2) is 60.8 Å². The van der Waals surface area contributed by atoms with Crippen LogP contribution < -0.4 is 0 Å². The molecule has 1 heterocycles. The minimum Gasteiger partial charge on any atom is -0.280 e. The van der Waals surface area contributed by atoms with Gasteiger partial charge in [-0.3, -0.25) is 9.36 Å². The van der Waals surface area contributed by atoms with Crippen LogP contribution in [-0.2, 0) is 0 Å². The molecule has 3 aromatic rings. The van der Waals surface area contributed by atoms with Gasteiger partial charge in [0.1, 0.15) is 5.82 Å².